The number of esters is 1. The standard InChI is InChI=1S/C17H26N2O9S/c1-9(20)12(18)4-3-11(21)5-10(16(26)19-7-15(24)25)8-29-13(6-14(22)23)17(27)28-2/h10,12-13H,3-8,18H2,1-2H3,(H,19,26)(H,22,23)(H,24,25)/t10-,12-,13?/m0/s1. The van der Waals surface area contributed by atoms with E-state index >= 15 is 0 Å². The van der Waals surface area contributed by atoms with E-state index in [1.807, 2.05) is 0 Å². The molecule has 0 aromatic heterocycles. The molecule has 0 spiro atoms. The number of hydrogen-bond acceptors (Lipinski definition) is 9. The van der Waals surface area contributed by atoms with Crippen LogP contribution in [0, 0.1) is 5.92 Å². The maximum absolute atomic E-state index is 12.3. The number of amides is 1. The minimum atomic E-state index is -1.28. The van der Waals surface area contributed by atoms with Crippen LogP contribution in [0.2, 0.25) is 0 Å². The van der Waals surface area contributed by atoms with Gasteiger partial charge in [-0.2, -0.15) is 0 Å². The highest BCUT2D eigenvalue weighted by molar-refractivity contribution is 8.00. The first kappa shape index (κ1) is 26.5. The van der Waals surface area contributed by atoms with Crippen molar-refractivity contribution in [2.45, 2.75) is 43.9 Å². The Morgan fingerprint density at radius 3 is 2.17 bits per heavy atom. The van der Waals surface area contributed by atoms with Crippen molar-refractivity contribution in [3.8, 4) is 0 Å². The molecule has 5 N–H and O–H groups in total. The van der Waals surface area contributed by atoms with Crippen LogP contribution < -0.4 is 11.1 Å². The van der Waals surface area contributed by atoms with Gasteiger partial charge in [0.15, 0.2) is 0 Å². The number of hydrogen-bond donors (Lipinski definition) is 4. The summed E-state index contributed by atoms with van der Waals surface area (Å²) in [5.74, 6) is -5.78. The molecule has 164 valence electrons. The van der Waals surface area contributed by atoms with Gasteiger partial charge in [-0.05, 0) is 13.3 Å². The Hall–Kier alpha value is -2.47. The minimum absolute atomic E-state index is 0.0519. The van der Waals surface area contributed by atoms with Crippen LogP contribution in [-0.2, 0) is 33.5 Å². The highest BCUT2D eigenvalue weighted by Gasteiger charge is 2.28. The predicted molar refractivity (Wildman–Crippen MR) is 102 cm³/mol. The number of carboxylic acids is 2. The van der Waals surface area contributed by atoms with Crippen molar-refractivity contribution in [2.75, 3.05) is 19.4 Å². The third-order valence-electron chi connectivity index (χ3n) is 3.84. The maximum Gasteiger partial charge on any atom is 0.322 e. The van der Waals surface area contributed by atoms with Gasteiger partial charge in [0.1, 0.15) is 23.4 Å². The van der Waals surface area contributed by atoms with Crippen LogP contribution in [0.25, 0.3) is 0 Å². The number of methoxy groups -OCH3 is 1. The second-order valence-electron chi connectivity index (χ2n) is 6.25. The zero-order valence-electron chi connectivity index (χ0n) is 16.2. The van der Waals surface area contributed by atoms with Gasteiger partial charge in [0.25, 0.3) is 0 Å². The first-order valence-electron chi connectivity index (χ1n) is 8.66. The van der Waals surface area contributed by atoms with Crippen LogP contribution in [0.5, 0.6) is 0 Å². The average molecular weight is 434 g/mol. The van der Waals surface area contributed by atoms with Crippen molar-refractivity contribution in [1.29, 1.82) is 0 Å². The fraction of sp³-hybridized carbons (Fsp3) is 0.647. The van der Waals surface area contributed by atoms with E-state index in [2.05, 4.69) is 10.1 Å². The number of rotatable bonds is 15. The van der Waals surface area contributed by atoms with Crippen molar-refractivity contribution in [2.24, 2.45) is 11.7 Å². The lowest BCUT2D eigenvalue weighted by atomic mass is 9.98. The summed E-state index contributed by atoms with van der Waals surface area (Å²) in [4.78, 5) is 68.8. The molecule has 0 aromatic carbocycles. The Labute approximate surface area is 171 Å². The highest BCUT2D eigenvalue weighted by Crippen LogP contribution is 2.22. The molecule has 0 bridgehead atoms. The third kappa shape index (κ3) is 11.9. The summed E-state index contributed by atoms with van der Waals surface area (Å²) in [5.41, 5.74) is 5.57. The summed E-state index contributed by atoms with van der Waals surface area (Å²) in [5, 5.41) is 18.7. The normalized spacial score (nSPS) is 13.6. The summed E-state index contributed by atoms with van der Waals surface area (Å²) < 4.78 is 4.54. The fourth-order valence-electron chi connectivity index (χ4n) is 2.16. The maximum atomic E-state index is 12.3. The Balaban J connectivity index is 5.07. The second kappa shape index (κ2) is 13.7. The quantitative estimate of drug-likeness (QED) is 0.236. The molecular weight excluding hydrogens is 408 g/mol. The minimum Gasteiger partial charge on any atom is -0.481 e. The molecular formula is C17H26N2O9S. The number of Topliss-reactive ketones (excluding diaryl/α,β-unsaturated/α-hetero) is 2. The number of ether oxygens (including phenoxy) is 1. The lowest BCUT2D eigenvalue weighted by Gasteiger charge is -2.18. The van der Waals surface area contributed by atoms with Crippen LogP contribution in [-0.4, -0.2) is 76.3 Å². The highest BCUT2D eigenvalue weighted by atomic mass is 32.2. The summed E-state index contributed by atoms with van der Waals surface area (Å²) in [7, 11) is 1.09. The molecule has 0 heterocycles. The molecule has 1 unspecified atom stereocenters. The van der Waals surface area contributed by atoms with Gasteiger partial charge < -0.3 is 26.0 Å². The molecule has 0 fully saturated rings. The van der Waals surface area contributed by atoms with Crippen LogP contribution >= 0.6 is 11.8 Å². The Bertz CT molecular complexity index is 638. The van der Waals surface area contributed by atoms with E-state index in [1.165, 1.54) is 6.92 Å². The zero-order chi connectivity index (χ0) is 22.6. The number of carboxylic acid groups (broad SMARTS) is 2. The topological polar surface area (TPSA) is 190 Å². The molecule has 12 heteroatoms. The zero-order valence-corrected chi connectivity index (χ0v) is 17.0. The lowest BCUT2D eigenvalue weighted by molar-refractivity contribution is -0.144. The molecule has 0 aliphatic rings. The molecule has 11 nitrogen and oxygen atoms in total. The number of thioether (sulfide) groups is 1. The molecule has 0 saturated carbocycles. The van der Waals surface area contributed by atoms with E-state index in [4.69, 9.17) is 15.9 Å². The summed E-state index contributed by atoms with van der Waals surface area (Å²) in [6.45, 7) is 0.641. The molecule has 0 aliphatic carbocycles. The van der Waals surface area contributed by atoms with Crippen molar-refractivity contribution in [3.63, 3.8) is 0 Å². The van der Waals surface area contributed by atoms with Crippen LogP contribution in [0.4, 0.5) is 0 Å². The van der Waals surface area contributed by atoms with Gasteiger partial charge in [-0.3, -0.25) is 28.8 Å². The van der Waals surface area contributed by atoms with Gasteiger partial charge in [0, 0.05) is 18.6 Å². The van der Waals surface area contributed by atoms with E-state index in [1.54, 1.807) is 0 Å². The molecule has 29 heavy (non-hydrogen) atoms. The van der Waals surface area contributed by atoms with E-state index < -0.39 is 54.0 Å². The number of nitrogens with two attached hydrogens (primary N) is 1. The first-order chi connectivity index (χ1) is 13.5. The van der Waals surface area contributed by atoms with Crippen molar-refractivity contribution >= 4 is 47.1 Å². The van der Waals surface area contributed by atoms with Gasteiger partial charge in [-0.25, -0.2) is 0 Å². The Morgan fingerprint density at radius 2 is 1.69 bits per heavy atom. The summed E-state index contributed by atoms with van der Waals surface area (Å²) in [6, 6.07) is -0.799. The Morgan fingerprint density at radius 1 is 1.07 bits per heavy atom. The van der Waals surface area contributed by atoms with E-state index in [9.17, 15) is 28.8 Å². The number of aliphatic carboxylic acids is 2. The van der Waals surface area contributed by atoms with E-state index in [0.717, 1.165) is 18.9 Å². The molecule has 0 saturated heterocycles. The first-order valence-corrected chi connectivity index (χ1v) is 9.71. The predicted octanol–water partition coefficient (Wildman–Crippen LogP) is -0.791. The Kier molecular flexibility index (Phi) is 12.5. The third-order valence-corrected chi connectivity index (χ3v) is 5.19. The number of nitrogens with one attached hydrogen (secondary N) is 1. The average Bonchev–Trinajstić information content (AvgIpc) is 2.64. The summed E-state index contributed by atoms with van der Waals surface area (Å²) >= 11 is 0.830. The number of carbonyl (C=O) groups excluding carboxylic acids is 4. The van der Waals surface area contributed by atoms with Gasteiger partial charge in [-0.15, -0.1) is 11.8 Å². The second-order valence-corrected chi connectivity index (χ2v) is 7.49. The van der Waals surface area contributed by atoms with Crippen molar-refractivity contribution in [1.82, 2.24) is 5.32 Å². The van der Waals surface area contributed by atoms with Crippen LogP contribution in [0.3, 0.4) is 0 Å². The smallest absolute Gasteiger partial charge is 0.322 e. The van der Waals surface area contributed by atoms with Gasteiger partial charge >= 0.3 is 17.9 Å². The van der Waals surface area contributed by atoms with Crippen molar-refractivity contribution in [3.05, 3.63) is 0 Å². The molecule has 1 amide bonds. The van der Waals surface area contributed by atoms with E-state index in [-0.39, 0.29) is 36.6 Å². The number of ketones is 2. The fourth-order valence-corrected chi connectivity index (χ4v) is 3.39. The largest absolute Gasteiger partial charge is 0.481 e. The molecule has 0 rings (SSSR count). The van der Waals surface area contributed by atoms with Crippen molar-refractivity contribution < 1.29 is 43.7 Å². The number of carbonyl (C=O) groups is 6. The molecule has 0 aromatic rings. The van der Waals surface area contributed by atoms with Gasteiger partial charge in [0.05, 0.1) is 25.5 Å². The monoisotopic (exact) mass is 434 g/mol. The van der Waals surface area contributed by atoms with Crippen LogP contribution in [0.1, 0.15) is 32.6 Å². The van der Waals surface area contributed by atoms with Crippen LogP contribution in [0.15, 0.2) is 0 Å². The molecule has 0 radical (unpaired) electrons. The summed E-state index contributed by atoms with van der Waals surface area (Å²) in [6.07, 6.45) is -0.759. The molecule has 3 atom stereocenters. The molecule has 0 aliphatic heterocycles. The SMILES string of the molecule is COC(=O)C(CC(=O)O)SC[C@H](CC(=O)CC[C@H](N)C(C)=O)C(=O)NCC(=O)O. The van der Waals surface area contributed by atoms with Gasteiger partial charge in [0.2, 0.25) is 5.91 Å². The van der Waals surface area contributed by atoms with E-state index in [0.29, 0.717) is 0 Å². The van der Waals surface area contributed by atoms with Gasteiger partial charge in [-0.1, -0.05) is 0 Å². The lowest BCUT2D eigenvalue weighted by Crippen LogP contribution is -2.37.